The average molecular weight is 432 g/mol. The topological polar surface area (TPSA) is 111 Å². The van der Waals surface area contributed by atoms with Gasteiger partial charge in [0.05, 0.1) is 31.8 Å². The Labute approximate surface area is 183 Å². The summed E-state index contributed by atoms with van der Waals surface area (Å²) in [6.45, 7) is 0. The maximum Gasteiger partial charge on any atom is 0.412 e. The van der Waals surface area contributed by atoms with Gasteiger partial charge in [0.15, 0.2) is 0 Å². The number of aromatic nitrogens is 4. The van der Waals surface area contributed by atoms with Crippen LogP contribution < -0.4 is 15.0 Å². The second kappa shape index (κ2) is 8.72. The number of rotatable bonds is 5. The van der Waals surface area contributed by atoms with Crippen molar-refractivity contribution in [3.05, 3.63) is 66.7 Å². The fourth-order valence-corrected chi connectivity index (χ4v) is 3.12. The van der Waals surface area contributed by atoms with Gasteiger partial charge in [-0.25, -0.2) is 19.7 Å². The lowest BCUT2D eigenvalue weighted by atomic mass is 10.2. The van der Waals surface area contributed by atoms with Crippen molar-refractivity contribution in [1.82, 2.24) is 19.4 Å². The molecule has 0 bridgehead atoms. The normalized spacial score (nSPS) is 10.6. The van der Waals surface area contributed by atoms with Crippen molar-refractivity contribution < 1.29 is 19.1 Å². The van der Waals surface area contributed by atoms with Crippen molar-refractivity contribution in [3.8, 4) is 17.1 Å². The van der Waals surface area contributed by atoms with Crippen molar-refractivity contribution in [2.24, 2.45) is 0 Å². The first-order valence-electron chi connectivity index (χ1n) is 9.57. The second-order valence-corrected chi connectivity index (χ2v) is 6.76. The molecule has 0 unspecified atom stereocenters. The van der Waals surface area contributed by atoms with Gasteiger partial charge in [-0.15, -0.1) is 0 Å². The lowest BCUT2D eigenvalue weighted by Gasteiger charge is -2.18. The van der Waals surface area contributed by atoms with Gasteiger partial charge in [0.25, 0.3) is 5.91 Å². The van der Waals surface area contributed by atoms with Gasteiger partial charge in [0.2, 0.25) is 5.88 Å². The number of imidazole rings is 1. The first-order chi connectivity index (χ1) is 15.5. The molecule has 1 N–H and O–H groups in total. The number of hydrogen-bond donors (Lipinski definition) is 1. The molecule has 0 aliphatic rings. The number of nitrogens with one attached hydrogen (secondary N) is 1. The maximum absolute atomic E-state index is 13.0. The first kappa shape index (κ1) is 20.8. The van der Waals surface area contributed by atoms with Crippen molar-refractivity contribution in [2.45, 2.75) is 0 Å². The third-order valence-corrected chi connectivity index (χ3v) is 4.85. The van der Waals surface area contributed by atoms with Gasteiger partial charge in [0, 0.05) is 42.8 Å². The molecule has 0 aliphatic carbocycles. The Hall–Kier alpha value is -4.47. The first-order valence-corrected chi connectivity index (χ1v) is 9.57. The van der Waals surface area contributed by atoms with Crippen LogP contribution >= 0.6 is 0 Å². The summed E-state index contributed by atoms with van der Waals surface area (Å²) >= 11 is 0. The summed E-state index contributed by atoms with van der Waals surface area (Å²) in [7, 11) is 4.48. The van der Waals surface area contributed by atoms with Crippen LogP contribution in [0.3, 0.4) is 0 Å². The van der Waals surface area contributed by atoms with Gasteiger partial charge in [-0.2, -0.15) is 0 Å². The van der Waals surface area contributed by atoms with Crippen molar-refractivity contribution in [1.29, 1.82) is 0 Å². The molecule has 0 atom stereocenters. The Balaban J connectivity index is 1.64. The summed E-state index contributed by atoms with van der Waals surface area (Å²) in [5.74, 6) is 0.536. The number of hydrogen-bond acceptors (Lipinski definition) is 7. The number of methoxy groups -OCH3 is 2. The number of carbonyl (C=O) groups excluding carboxylic acids is 2. The van der Waals surface area contributed by atoms with Gasteiger partial charge in [-0.05, 0) is 30.3 Å². The highest BCUT2D eigenvalue weighted by Crippen LogP contribution is 2.25. The molecular formula is C22H20N6O4. The molecule has 162 valence electrons. The van der Waals surface area contributed by atoms with Crippen LogP contribution in [0.4, 0.5) is 16.3 Å². The van der Waals surface area contributed by atoms with Crippen LogP contribution in [0.25, 0.3) is 16.9 Å². The van der Waals surface area contributed by atoms with Crippen molar-refractivity contribution in [3.63, 3.8) is 0 Å². The van der Waals surface area contributed by atoms with Crippen LogP contribution in [0.2, 0.25) is 0 Å². The Bertz CT molecular complexity index is 1290. The number of fused-ring (bicyclic) bond motifs is 1. The molecule has 0 saturated heterocycles. The highest BCUT2D eigenvalue weighted by atomic mass is 16.5. The van der Waals surface area contributed by atoms with Crippen LogP contribution in [-0.4, -0.2) is 52.6 Å². The zero-order chi connectivity index (χ0) is 22.7. The van der Waals surface area contributed by atoms with E-state index in [1.54, 1.807) is 42.5 Å². The Morgan fingerprint density at radius 1 is 1.03 bits per heavy atom. The number of ether oxygens (including phenoxy) is 2. The molecule has 0 aromatic carbocycles. The standard InChI is InChI=1S/C22H20N6O4/c1-27(21(29)14-8-9-23-20(10-14)31-2)16-5-7-19-25-12-17(28(19)13-16)15-4-6-18(24-11-15)26-22(30)32-3/h4-13H,1-3H3,(H,24,26,30). The third kappa shape index (κ3) is 4.06. The maximum atomic E-state index is 13.0. The van der Waals surface area contributed by atoms with Crippen molar-refractivity contribution in [2.75, 3.05) is 31.5 Å². The summed E-state index contributed by atoms with van der Waals surface area (Å²) in [6, 6.07) is 10.4. The number of amides is 2. The Morgan fingerprint density at radius 2 is 1.88 bits per heavy atom. The van der Waals surface area contributed by atoms with E-state index in [2.05, 4.69) is 25.0 Å². The zero-order valence-corrected chi connectivity index (χ0v) is 17.6. The van der Waals surface area contributed by atoms with E-state index in [9.17, 15) is 9.59 Å². The molecule has 2 amide bonds. The minimum Gasteiger partial charge on any atom is -0.481 e. The van der Waals surface area contributed by atoms with E-state index in [4.69, 9.17) is 4.74 Å². The molecule has 0 radical (unpaired) electrons. The largest absolute Gasteiger partial charge is 0.481 e. The minimum atomic E-state index is -0.593. The Kier molecular flexibility index (Phi) is 5.67. The lowest BCUT2D eigenvalue weighted by Crippen LogP contribution is -2.26. The third-order valence-electron chi connectivity index (χ3n) is 4.85. The smallest absolute Gasteiger partial charge is 0.412 e. The zero-order valence-electron chi connectivity index (χ0n) is 17.6. The fraction of sp³-hybridized carbons (Fsp3) is 0.136. The average Bonchev–Trinajstić information content (AvgIpc) is 3.26. The quantitative estimate of drug-likeness (QED) is 0.515. The molecule has 4 aromatic heterocycles. The SMILES string of the molecule is COC(=O)Nc1ccc(-c2cnc3ccc(N(C)C(=O)c4ccnc(OC)c4)cn23)cn1. The Morgan fingerprint density at radius 3 is 2.59 bits per heavy atom. The van der Waals surface area contributed by atoms with Gasteiger partial charge < -0.3 is 14.4 Å². The molecule has 4 aromatic rings. The molecular weight excluding hydrogens is 412 g/mol. The highest BCUT2D eigenvalue weighted by molar-refractivity contribution is 6.05. The highest BCUT2D eigenvalue weighted by Gasteiger charge is 2.16. The number of carbonyl (C=O) groups is 2. The number of anilines is 2. The van der Waals surface area contributed by atoms with Crippen LogP contribution in [0.15, 0.2) is 61.2 Å². The van der Waals surface area contributed by atoms with E-state index in [1.807, 2.05) is 28.8 Å². The van der Waals surface area contributed by atoms with Crippen LogP contribution in [0.5, 0.6) is 5.88 Å². The van der Waals surface area contributed by atoms with Gasteiger partial charge in [0.1, 0.15) is 11.5 Å². The molecule has 0 fully saturated rings. The van der Waals surface area contributed by atoms with Crippen LogP contribution in [0, 0.1) is 0 Å². The van der Waals surface area contributed by atoms with Gasteiger partial charge >= 0.3 is 6.09 Å². The number of nitrogens with zero attached hydrogens (tertiary/aromatic N) is 5. The van der Waals surface area contributed by atoms with E-state index in [0.717, 1.165) is 11.3 Å². The van der Waals surface area contributed by atoms with Crippen LogP contribution in [0.1, 0.15) is 10.4 Å². The lowest BCUT2D eigenvalue weighted by molar-refractivity contribution is 0.0992. The summed E-state index contributed by atoms with van der Waals surface area (Å²) < 4.78 is 11.5. The van der Waals surface area contributed by atoms with Gasteiger partial charge in [-0.3, -0.25) is 14.5 Å². The molecule has 10 heteroatoms. The number of pyridine rings is 3. The summed E-state index contributed by atoms with van der Waals surface area (Å²) in [4.78, 5) is 38.5. The fourth-order valence-electron chi connectivity index (χ4n) is 3.12. The predicted molar refractivity (Wildman–Crippen MR) is 118 cm³/mol. The molecule has 32 heavy (non-hydrogen) atoms. The molecule has 0 aliphatic heterocycles. The van der Waals surface area contributed by atoms with E-state index in [1.165, 1.54) is 20.4 Å². The summed E-state index contributed by atoms with van der Waals surface area (Å²) in [5.41, 5.74) is 3.42. The van der Waals surface area contributed by atoms with Crippen LogP contribution in [-0.2, 0) is 4.74 Å². The van der Waals surface area contributed by atoms with Gasteiger partial charge in [-0.1, -0.05) is 0 Å². The van der Waals surface area contributed by atoms with E-state index in [-0.39, 0.29) is 5.91 Å². The minimum absolute atomic E-state index is 0.202. The molecule has 4 heterocycles. The molecule has 0 spiro atoms. The second-order valence-electron chi connectivity index (χ2n) is 6.76. The summed E-state index contributed by atoms with van der Waals surface area (Å²) in [5, 5.41) is 2.51. The van der Waals surface area contributed by atoms with E-state index < -0.39 is 6.09 Å². The predicted octanol–water partition coefficient (Wildman–Crippen LogP) is 3.25. The van der Waals surface area contributed by atoms with E-state index >= 15 is 0 Å². The van der Waals surface area contributed by atoms with E-state index in [0.29, 0.717) is 28.6 Å². The molecule has 0 saturated carbocycles. The monoisotopic (exact) mass is 432 g/mol. The molecule has 10 nitrogen and oxygen atoms in total. The van der Waals surface area contributed by atoms with Crippen molar-refractivity contribution >= 4 is 29.2 Å². The summed E-state index contributed by atoms with van der Waals surface area (Å²) in [6.07, 6.45) is 6.11. The molecule has 4 rings (SSSR count).